The standard InChI is InChI=1S/C8H11NO4/c9-8(7(12)13)2-1-3-4(5(3)8)6(10)11/h3-5H,1-2,9H2,(H,10,11)(H,12,13)/t3-,4-,5-,8-/m1/s1. The molecule has 0 heterocycles. The van der Waals surface area contributed by atoms with Gasteiger partial charge in [0.05, 0.1) is 5.92 Å². The summed E-state index contributed by atoms with van der Waals surface area (Å²) in [7, 11) is 0. The van der Waals surface area contributed by atoms with Crippen LogP contribution in [0.25, 0.3) is 0 Å². The minimum atomic E-state index is -1.28. The molecule has 0 aromatic heterocycles. The Bertz CT molecular complexity index is 290. The van der Waals surface area contributed by atoms with Crippen LogP contribution in [0, 0.1) is 17.8 Å². The summed E-state index contributed by atoms with van der Waals surface area (Å²) in [5.74, 6) is -2.84. The first kappa shape index (κ1) is 8.50. The Hall–Kier alpha value is -1.10. The highest BCUT2D eigenvalue weighted by atomic mass is 16.4. The second-order valence-electron chi connectivity index (χ2n) is 3.94. The summed E-state index contributed by atoms with van der Waals surface area (Å²) in [6.45, 7) is 0. The predicted molar refractivity (Wildman–Crippen MR) is 41.9 cm³/mol. The molecule has 0 amide bonds. The van der Waals surface area contributed by atoms with Gasteiger partial charge < -0.3 is 15.9 Å². The average molecular weight is 185 g/mol. The number of hydrogen-bond acceptors (Lipinski definition) is 3. The van der Waals surface area contributed by atoms with Gasteiger partial charge in [-0.3, -0.25) is 9.59 Å². The van der Waals surface area contributed by atoms with Crippen LogP contribution < -0.4 is 5.73 Å². The topological polar surface area (TPSA) is 101 Å². The van der Waals surface area contributed by atoms with E-state index in [1.165, 1.54) is 0 Å². The number of hydrogen-bond donors (Lipinski definition) is 3. The highest BCUT2D eigenvalue weighted by Crippen LogP contribution is 2.61. The van der Waals surface area contributed by atoms with Crippen LogP contribution in [0.2, 0.25) is 0 Å². The van der Waals surface area contributed by atoms with Gasteiger partial charge in [0, 0.05) is 5.92 Å². The summed E-state index contributed by atoms with van der Waals surface area (Å²) >= 11 is 0. The highest BCUT2D eigenvalue weighted by Gasteiger charge is 2.69. The molecule has 0 aromatic carbocycles. The maximum Gasteiger partial charge on any atom is 0.324 e. The first-order valence-electron chi connectivity index (χ1n) is 4.23. The molecule has 0 radical (unpaired) electrons. The highest BCUT2D eigenvalue weighted by molar-refractivity contribution is 5.85. The number of nitrogens with two attached hydrogens (primary N) is 1. The van der Waals surface area contributed by atoms with Crippen LogP contribution >= 0.6 is 0 Å². The molecule has 0 unspecified atom stereocenters. The van der Waals surface area contributed by atoms with E-state index in [4.69, 9.17) is 15.9 Å². The number of rotatable bonds is 2. The van der Waals surface area contributed by atoms with Crippen molar-refractivity contribution in [2.24, 2.45) is 23.5 Å². The van der Waals surface area contributed by atoms with Crippen molar-refractivity contribution in [2.45, 2.75) is 18.4 Å². The second-order valence-corrected chi connectivity index (χ2v) is 3.94. The van der Waals surface area contributed by atoms with E-state index in [1.54, 1.807) is 0 Å². The van der Waals surface area contributed by atoms with E-state index in [1.807, 2.05) is 0 Å². The summed E-state index contributed by atoms with van der Waals surface area (Å²) in [5, 5.41) is 17.6. The van der Waals surface area contributed by atoms with Crippen molar-refractivity contribution in [3.8, 4) is 0 Å². The van der Waals surface area contributed by atoms with Crippen molar-refractivity contribution < 1.29 is 19.8 Å². The normalized spacial score (nSPS) is 47.0. The van der Waals surface area contributed by atoms with Crippen LogP contribution in [0.3, 0.4) is 0 Å². The Labute approximate surface area is 74.5 Å². The molecule has 4 atom stereocenters. The van der Waals surface area contributed by atoms with Crippen molar-refractivity contribution in [3.63, 3.8) is 0 Å². The Morgan fingerprint density at radius 1 is 1.38 bits per heavy atom. The molecule has 2 aliphatic carbocycles. The van der Waals surface area contributed by atoms with Crippen LogP contribution in [-0.2, 0) is 9.59 Å². The maximum atomic E-state index is 10.8. The lowest BCUT2D eigenvalue weighted by molar-refractivity contribution is -0.145. The molecule has 0 aliphatic heterocycles. The molecular formula is C8H11NO4. The first-order valence-corrected chi connectivity index (χ1v) is 4.23. The molecular weight excluding hydrogens is 174 g/mol. The SMILES string of the molecule is N[C@]1(C(=O)O)CC[C@@H]2[C@@H](C(=O)O)[C@@H]21. The maximum absolute atomic E-state index is 10.8. The van der Waals surface area contributed by atoms with Gasteiger partial charge in [0.2, 0.25) is 0 Å². The van der Waals surface area contributed by atoms with E-state index in [9.17, 15) is 9.59 Å². The van der Waals surface area contributed by atoms with Crippen LogP contribution in [0.5, 0.6) is 0 Å². The third-order valence-corrected chi connectivity index (χ3v) is 3.34. The molecule has 4 N–H and O–H groups in total. The fourth-order valence-electron chi connectivity index (χ4n) is 2.59. The van der Waals surface area contributed by atoms with Gasteiger partial charge >= 0.3 is 11.9 Å². The van der Waals surface area contributed by atoms with Crippen molar-refractivity contribution in [3.05, 3.63) is 0 Å². The zero-order valence-electron chi connectivity index (χ0n) is 6.93. The van der Waals surface area contributed by atoms with E-state index < -0.39 is 23.4 Å². The molecule has 2 fully saturated rings. The molecule has 2 saturated carbocycles. The van der Waals surface area contributed by atoms with Crippen molar-refractivity contribution in [1.82, 2.24) is 0 Å². The van der Waals surface area contributed by atoms with E-state index in [-0.39, 0.29) is 11.8 Å². The summed E-state index contributed by atoms with van der Waals surface area (Å²) in [5.41, 5.74) is 4.37. The number of carbonyl (C=O) groups is 2. The lowest BCUT2D eigenvalue weighted by Gasteiger charge is -2.20. The zero-order chi connectivity index (χ0) is 9.80. The van der Waals surface area contributed by atoms with Crippen LogP contribution in [-0.4, -0.2) is 27.7 Å². The third kappa shape index (κ3) is 0.904. The van der Waals surface area contributed by atoms with Gasteiger partial charge in [-0.25, -0.2) is 0 Å². The van der Waals surface area contributed by atoms with Crippen molar-refractivity contribution >= 4 is 11.9 Å². The Morgan fingerprint density at radius 3 is 2.38 bits per heavy atom. The lowest BCUT2D eigenvalue weighted by Crippen LogP contribution is -2.49. The monoisotopic (exact) mass is 185 g/mol. The summed E-state index contributed by atoms with van der Waals surface area (Å²) < 4.78 is 0. The molecule has 0 spiro atoms. The fraction of sp³-hybridized carbons (Fsp3) is 0.750. The number of aliphatic carboxylic acids is 2. The molecule has 13 heavy (non-hydrogen) atoms. The quantitative estimate of drug-likeness (QED) is 0.539. The molecule has 0 aromatic rings. The van der Waals surface area contributed by atoms with E-state index in [0.29, 0.717) is 12.8 Å². The van der Waals surface area contributed by atoms with E-state index in [2.05, 4.69) is 0 Å². The molecule has 2 aliphatic rings. The predicted octanol–water partition coefficient (Wildman–Crippen LogP) is -0.491. The number of carboxylic acids is 2. The number of fused-ring (bicyclic) bond motifs is 1. The van der Waals surface area contributed by atoms with Gasteiger partial charge in [-0.2, -0.15) is 0 Å². The second kappa shape index (κ2) is 2.23. The Balaban J connectivity index is 2.20. The minimum absolute atomic E-state index is 0.00130. The summed E-state index contributed by atoms with van der Waals surface area (Å²) in [6.07, 6.45) is 1.03. The van der Waals surface area contributed by atoms with Crippen molar-refractivity contribution in [1.29, 1.82) is 0 Å². The Morgan fingerprint density at radius 2 is 2.00 bits per heavy atom. The third-order valence-electron chi connectivity index (χ3n) is 3.34. The molecule has 2 rings (SSSR count). The fourth-order valence-corrected chi connectivity index (χ4v) is 2.59. The first-order chi connectivity index (χ1) is 5.98. The molecule has 0 saturated heterocycles. The van der Waals surface area contributed by atoms with Crippen molar-refractivity contribution in [2.75, 3.05) is 0 Å². The van der Waals surface area contributed by atoms with Crippen LogP contribution in [0.15, 0.2) is 0 Å². The molecule has 5 heteroatoms. The molecule has 5 nitrogen and oxygen atoms in total. The van der Waals surface area contributed by atoms with Gasteiger partial charge in [-0.1, -0.05) is 0 Å². The summed E-state index contributed by atoms with van der Waals surface area (Å²) in [4.78, 5) is 21.4. The molecule has 72 valence electrons. The van der Waals surface area contributed by atoms with Gasteiger partial charge in [0.15, 0.2) is 0 Å². The van der Waals surface area contributed by atoms with Gasteiger partial charge in [-0.15, -0.1) is 0 Å². The summed E-state index contributed by atoms with van der Waals surface area (Å²) in [6, 6.07) is 0. The van der Waals surface area contributed by atoms with Gasteiger partial charge in [-0.05, 0) is 18.8 Å². The van der Waals surface area contributed by atoms with E-state index >= 15 is 0 Å². The zero-order valence-corrected chi connectivity index (χ0v) is 6.93. The van der Waals surface area contributed by atoms with Gasteiger partial charge in [0.1, 0.15) is 5.54 Å². The average Bonchev–Trinajstić information content (AvgIpc) is 2.66. The Kier molecular flexibility index (Phi) is 1.46. The van der Waals surface area contributed by atoms with Crippen LogP contribution in [0.1, 0.15) is 12.8 Å². The minimum Gasteiger partial charge on any atom is -0.481 e. The largest absolute Gasteiger partial charge is 0.481 e. The van der Waals surface area contributed by atoms with Crippen LogP contribution in [0.4, 0.5) is 0 Å². The van der Waals surface area contributed by atoms with Gasteiger partial charge in [0.25, 0.3) is 0 Å². The number of carboxylic acid groups (broad SMARTS) is 2. The smallest absolute Gasteiger partial charge is 0.324 e. The lowest BCUT2D eigenvalue weighted by atomic mass is 9.92. The molecule has 0 bridgehead atoms. The van der Waals surface area contributed by atoms with E-state index in [0.717, 1.165) is 0 Å².